The Morgan fingerprint density at radius 3 is 2.50 bits per heavy atom. The first-order valence-electron chi connectivity index (χ1n) is 6.42. The summed E-state index contributed by atoms with van der Waals surface area (Å²) in [7, 11) is 1.79. The molecule has 3 nitrogen and oxygen atoms in total. The molecule has 0 heterocycles. The summed E-state index contributed by atoms with van der Waals surface area (Å²) >= 11 is 0. The van der Waals surface area contributed by atoms with Crippen LogP contribution < -0.4 is 11.1 Å². The van der Waals surface area contributed by atoms with Crippen LogP contribution in [0, 0.1) is 5.41 Å². The average Bonchev–Trinajstić information content (AvgIpc) is 2.05. The van der Waals surface area contributed by atoms with Crippen molar-refractivity contribution in [3.63, 3.8) is 0 Å². The molecule has 1 fully saturated rings. The van der Waals surface area contributed by atoms with Gasteiger partial charge in [-0.1, -0.05) is 20.8 Å². The molecule has 0 aromatic carbocycles. The smallest absolute Gasteiger partial charge is 0.0601 e. The molecule has 3 N–H and O–H groups in total. The predicted molar refractivity (Wildman–Crippen MR) is 68.5 cm³/mol. The zero-order valence-electron chi connectivity index (χ0n) is 11.3. The Morgan fingerprint density at radius 1 is 1.38 bits per heavy atom. The molecule has 0 radical (unpaired) electrons. The molecule has 1 aliphatic rings. The molecule has 1 unspecified atom stereocenters. The number of methoxy groups -OCH3 is 1. The van der Waals surface area contributed by atoms with Crippen LogP contribution in [-0.4, -0.2) is 31.8 Å². The summed E-state index contributed by atoms with van der Waals surface area (Å²) in [6.45, 7) is 7.78. The van der Waals surface area contributed by atoms with Crippen LogP contribution in [-0.2, 0) is 4.74 Å². The molecule has 1 aliphatic carbocycles. The van der Waals surface area contributed by atoms with Crippen molar-refractivity contribution >= 4 is 0 Å². The third-order valence-electron chi connectivity index (χ3n) is 3.25. The monoisotopic (exact) mass is 228 g/mol. The maximum atomic E-state index is 6.09. The van der Waals surface area contributed by atoms with Gasteiger partial charge in [-0.2, -0.15) is 0 Å². The number of hydrogen-bond acceptors (Lipinski definition) is 3. The standard InChI is InChI=1S/C13H28N2O/c1-13(2,3)9-10(14)5-6-15-11-7-12(8-11)16-4/h10-12,15H,5-9,14H2,1-4H3. The normalized spacial score (nSPS) is 27.6. The van der Waals surface area contributed by atoms with Gasteiger partial charge in [0.05, 0.1) is 6.10 Å². The second-order valence-corrected chi connectivity index (χ2v) is 6.29. The second kappa shape index (κ2) is 5.99. The summed E-state index contributed by atoms with van der Waals surface area (Å²) < 4.78 is 5.24. The fourth-order valence-electron chi connectivity index (χ4n) is 2.29. The number of ether oxygens (including phenoxy) is 1. The van der Waals surface area contributed by atoms with Crippen LogP contribution >= 0.6 is 0 Å². The topological polar surface area (TPSA) is 47.3 Å². The van der Waals surface area contributed by atoms with Crippen LogP contribution in [0.5, 0.6) is 0 Å². The van der Waals surface area contributed by atoms with Crippen molar-refractivity contribution in [3.8, 4) is 0 Å². The Bertz CT molecular complexity index is 195. The van der Waals surface area contributed by atoms with Gasteiger partial charge in [-0.3, -0.25) is 0 Å². The molecule has 1 atom stereocenters. The largest absolute Gasteiger partial charge is 0.381 e. The number of nitrogens with two attached hydrogens (primary N) is 1. The Morgan fingerprint density at radius 2 is 2.00 bits per heavy atom. The maximum Gasteiger partial charge on any atom is 0.0601 e. The van der Waals surface area contributed by atoms with Crippen molar-refractivity contribution in [1.29, 1.82) is 0 Å². The van der Waals surface area contributed by atoms with Gasteiger partial charge in [0, 0.05) is 19.2 Å². The zero-order chi connectivity index (χ0) is 12.2. The van der Waals surface area contributed by atoms with E-state index in [-0.39, 0.29) is 0 Å². The predicted octanol–water partition coefficient (Wildman–Crippen LogP) is 1.91. The van der Waals surface area contributed by atoms with Gasteiger partial charge < -0.3 is 15.8 Å². The molecule has 1 saturated carbocycles. The number of nitrogens with one attached hydrogen (secondary N) is 1. The van der Waals surface area contributed by atoms with Crippen LogP contribution in [0.1, 0.15) is 46.5 Å². The van der Waals surface area contributed by atoms with Crippen molar-refractivity contribution in [2.24, 2.45) is 11.1 Å². The molecule has 3 heteroatoms. The number of hydrogen-bond donors (Lipinski definition) is 2. The van der Waals surface area contributed by atoms with Gasteiger partial charge in [0.2, 0.25) is 0 Å². The van der Waals surface area contributed by atoms with E-state index in [1.54, 1.807) is 7.11 Å². The highest BCUT2D eigenvalue weighted by Gasteiger charge is 2.28. The molecular weight excluding hydrogens is 200 g/mol. The van der Waals surface area contributed by atoms with E-state index in [9.17, 15) is 0 Å². The number of rotatable bonds is 6. The lowest BCUT2D eigenvalue weighted by molar-refractivity contribution is 0.0174. The highest BCUT2D eigenvalue weighted by Crippen LogP contribution is 2.23. The Labute approximate surface area is 100 Å². The van der Waals surface area contributed by atoms with Crippen LogP contribution in [0.15, 0.2) is 0 Å². The lowest BCUT2D eigenvalue weighted by Gasteiger charge is -2.35. The summed E-state index contributed by atoms with van der Waals surface area (Å²) in [6.07, 6.45) is 4.97. The van der Waals surface area contributed by atoms with E-state index in [0.29, 0.717) is 23.6 Å². The minimum atomic E-state index is 0.325. The van der Waals surface area contributed by atoms with E-state index in [1.807, 2.05) is 0 Å². The zero-order valence-corrected chi connectivity index (χ0v) is 11.3. The molecule has 0 aromatic heterocycles. The van der Waals surface area contributed by atoms with Gasteiger partial charge in [-0.25, -0.2) is 0 Å². The van der Waals surface area contributed by atoms with Crippen molar-refractivity contribution < 1.29 is 4.74 Å². The first-order chi connectivity index (χ1) is 7.40. The Balaban J connectivity index is 1.99. The fraction of sp³-hybridized carbons (Fsp3) is 1.00. The van der Waals surface area contributed by atoms with Crippen molar-refractivity contribution in [2.75, 3.05) is 13.7 Å². The molecule has 16 heavy (non-hydrogen) atoms. The first-order valence-corrected chi connectivity index (χ1v) is 6.42. The second-order valence-electron chi connectivity index (χ2n) is 6.29. The Kier molecular flexibility index (Phi) is 5.22. The van der Waals surface area contributed by atoms with Gasteiger partial charge in [0.1, 0.15) is 0 Å². The maximum absolute atomic E-state index is 6.09. The quantitative estimate of drug-likeness (QED) is 0.730. The minimum absolute atomic E-state index is 0.325. The van der Waals surface area contributed by atoms with Crippen LogP contribution in [0.2, 0.25) is 0 Å². The van der Waals surface area contributed by atoms with Crippen molar-refractivity contribution in [2.45, 2.75) is 64.6 Å². The van der Waals surface area contributed by atoms with Gasteiger partial charge in [0.25, 0.3) is 0 Å². The third-order valence-corrected chi connectivity index (χ3v) is 3.25. The summed E-state index contributed by atoms with van der Waals surface area (Å²) in [5.41, 5.74) is 6.44. The van der Waals surface area contributed by atoms with Crippen LogP contribution in [0.3, 0.4) is 0 Å². The molecule has 0 bridgehead atoms. The summed E-state index contributed by atoms with van der Waals surface area (Å²) in [5, 5.41) is 3.54. The molecular formula is C13H28N2O. The summed E-state index contributed by atoms with van der Waals surface area (Å²) in [6, 6.07) is 0.984. The molecule has 96 valence electrons. The molecule has 0 spiro atoms. The minimum Gasteiger partial charge on any atom is -0.381 e. The SMILES string of the molecule is COC1CC(NCCC(N)CC(C)(C)C)C1. The lowest BCUT2D eigenvalue weighted by Crippen LogP contribution is -2.46. The van der Waals surface area contributed by atoms with Crippen LogP contribution in [0.4, 0.5) is 0 Å². The van der Waals surface area contributed by atoms with E-state index < -0.39 is 0 Å². The van der Waals surface area contributed by atoms with E-state index in [4.69, 9.17) is 10.5 Å². The Hall–Kier alpha value is -0.120. The van der Waals surface area contributed by atoms with Gasteiger partial charge in [-0.15, -0.1) is 0 Å². The molecule has 0 aromatic rings. The molecule has 1 rings (SSSR count). The van der Waals surface area contributed by atoms with E-state index in [1.165, 1.54) is 0 Å². The van der Waals surface area contributed by atoms with Crippen LogP contribution in [0.25, 0.3) is 0 Å². The molecule has 0 amide bonds. The third kappa shape index (κ3) is 5.28. The van der Waals surface area contributed by atoms with Crippen molar-refractivity contribution in [1.82, 2.24) is 5.32 Å². The highest BCUT2D eigenvalue weighted by atomic mass is 16.5. The average molecular weight is 228 g/mol. The molecule has 0 saturated heterocycles. The first kappa shape index (κ1) is 13.9. The van der Waals surface area contributed by atoms with Gasteiger partial charge >= 0.3 is 0 Å². The van der Waals surface area contributed by atoms with E-state index >= 15 is 0 Å². The summed E-state index contributed by atoms with van der Waals surface area (Å²) in [4.78, 5) is 0. The van der Waals surface area contributed by atoms with Gasteiger partial charge in [0.15, 0.2) is 0 Å². The summed E-state index contributed by atoms with van der Waals surface area (Å²) in [5.74, 6) is 0. The van der Waals surface area contributed by atoms with Crippen molar-refractivity contribution in [3.05, 3.63) is 0 Å². The van der Waals surface area contributed by atoms with E-state index in [0.717, 1.165) is 32.2 Å². The van der Waals surface area contributed by atoms with Gasteiger partial charge in [-0.05, 0) is 37.6 Å². The molecule has 0 aliphatic heterocycles. The highest BCUT2D eigenvalue weighted by molar-refractivity contribution is 4.86. The van der Waals surface area contributed by atoms with E-state index in [2.05, 4.69) is 26.1 Å². The lowest BCUT2D eigenvalue weighted by atomic mass is 9.87. The fourth-order valence-corrected chi connectivity index (χ4v) is 2.29.